The summed E-state index contributed by atoms with van der Waals surface area (Å²) in [6, 6.07) is 6.11. The molecule has 0 bridgehead atoms. The highest BCUT2D eigenvalue weighted by Gasteiger charge is 2.12. The van der Waals surface area contributed by atoms with Crippen molar-refractivity contribution in [2.24, 2.45) is 10.7 Å². The quantitative estimate of drug-likeness (QED) is 0.458. The summed E-state index contributed by atoms with van der Waals surface area (Å²) in [5.74, 6) is 2.96. The van der Waals surface area contributed by atoms with Gasteiger partial charge < -0.3 is 15.4 Å². The largest absolute Gasteiger partial charge is 0.489 e. The summed E-state index contributed by atoms with van der Waals surface area (Å²) in [5, 5.41) is 0. The van der Waals surface area contributed by atoms with Crippen molar-refractivity contribution in [1.82, 2.24) is 4.90 Å². The predicted molar refractivity (Wildman–Crippen MR) is 97.3 cm³/mol. The lowest BCUT2D eigenvalue weighted by atomic mass is 10.3. The molecule has 0 saturated carbocycles. The highest BCUT2D eigenvalue weighted by Crippen LogP contribution is 2.14. The van der Waals surface area contributed by atoms with E-state index in [0.29, 0.717) is 18.3 Å². The first kappa shape index (κ1) is 18.3. The first-order valence-electron chi connectivity index (χ1n) is 6.70. The molecule has 4 nitrogen and oxygen atoms in total. The first-order valence-corrected chi connectivity index (χ1v) is 7.85. The molecule has 1 heterocycles. The Morgan fingerprint density at radius 3 is 2.86 bits per heavy atom. The monoisotopic (exact) mass is 425 g/mol. The normalized spacial score (nSPS) is 17.0. The summed E-state index contributed by atoms with van der Waals surface area (Å²) in [6.45, 7) is 4.25. The maximum atomic E-state index is 13.0. The van der Waals surface area contributed by atoms with E-state index in [9.17, 15) is 4.39 Å². The van der Waals surface area contributed by atoms with Gasteiger partial charge in [-0.2, -0.15) is 11.8 Å². The maximum absolute atomic E-state index is 13.0. The van der Waals surface area contributed by atoms with Gasteiger partial charge in [0.05, 0.1) is 6.54 Å². The van der Waals surface area contributed by atoms with Crippen LogP contribution in [0.3, 0.4) is 0 Å². The zero-order chi connectivity index (χ0) is 14.4. The number of benzene rings is 1. The van der Waals surface area contributed by atoms with Crippen LogP contribution in [0.4, 0.5) is 4.39 Å². The SMILES string of the molecule is CC(CN=C(N)N1CCSCC1)Oc1cccc(F)c1.I. The van der Waals surface area contributed by atoms with Gasteiger partial charge in [-0.25, -0.2) is 9.38 Å². The maximum Gasteiger partial charge on any atom is 0.191 e. The molecule has 2 rings (SSSR count). The Morgan fingerprint density at radius 2 is 2.19 bits per heavy atom. The molecule has 0 spiro atoms. The lowest BCUT2D eigenvalue weighted by molar-refractivity contribution is 0.229. The zero-order valence-corrected chi connectivity index (χ0v) is 15.1. The molecular weight excluding hydrogens is 404 g/mol. The Hall–Kier alpha value is -0.700. The van der Waals surface area contributed by atoms with Crippen LogP contribution in [0.5, 0.6) is 5.75 Å². The topological polar surface area (TPSA) is 50.8 Å². The number of halogens is 2. The number of hydrogen-bond acceptors (Lipinski definition) is 3. The van der Waals surface area contributed by atoms with Gasteiger partial charge in [0.1, 0.15) is 17.7 Å². The minimum Gasteiger partial charge on any atom is -0.489 e. The Morgan fingerprint density at radius 1 is 1.48 bits per heavy atom. The molecule has 0 amide bonds. The molecular formula is C14H21FIN3OS. The van der Waals surface area contributed by atoms with Crippen molar-refractivity contribution in [2.45, 2.75) is 13.0 Å². The molecule has 1 aliphatic rings. The van der Waals surface area contributed by atoms with Gasteiger partial charge in [0.15, 0.2) is 5.96 Å². The van der Waals surface area contributed by atoms with Crippen LogP contribution in [-0.2, 0) is 0 Å². The number of ether oxygens (including phenoxy) is 1. The summed E-state index contributed by atoms with van der Waals surface area (Å²) in [5.41, 5.74) is 5.97. The van der Waals surface area contributed by atoms with Crippen molar-refractivity contribution in [3.63, 3.8) is 0 Å². The molecule has 1 aliphatic heterocycles. The summed E-state index contributed by atoms with van der Waals surface area (Å²) in [7, 11) is 0. The third-order valence-corrected chi connectivity index (χ3v) is 3.92. The van der Waals surface area contributed by atoms with Crippen LogP contribution in [-0.4, -0.2) is 48.1 Å². The fraction of sp³-hybridized carbons (Fsp3) is 0.500. The van der Waals surface area contributed by atoms with Crippen molar-refractivity contribution >= 4 is 41.7 Å². The van der Waals surface area contributed by atoms with Gasteiger partial charge in [0.2, 0.25) is 0 Å². The third-order valence-electron chi connectivity index (χ3n) is 2.98. The minimum absolute atomic E-state index is 0. The Labute approximate surface area is 146 Å². The van der Waals surface area contributed by atoms with Gasteiger partial charge in [0.25, 0.3) is 0 Å². The van der Waals surface area contributed by atoms with Crippen LogP contribution in [0.25, 0.3) is 0 Å². The van der Waals surface area contributed by atoms with Crippen LogP contribution < -0.4 is 10.5 Å². The number of rotatable bonds is 4. The van der Waals surface area contributed by atoms with E-state index >= 15 is 0 Å². The summed E-state index contributed by atoms with van der Waals surface area (Å²) in [6.07, 6.45) is -0.144. The van der Waals surface area contributed by atoms with Crippen molar-refractivity contribution in [3.8, 4) is 5.75 Å². The van der Waals surface area contributed by atoms with Crippen LogP contribution in [0.1, 0.15) is 6.92 Å². The Bertz CT molecular complexity index is 469. The average molecular weight is 425 g/mol. The second-order valence-electron chi connectivity index (χ2n) is 4.68. The standard InChI is InChI=1S/C14H20FN3OS.HI/c1-11(19-13-4-2-3-12(15)9-13)10-17-14(16)18-5-7-20-8-6-18;/h2-4,9,11H,5-8,10H2,1H3,(H2,16,17);1H. The fourth-order valence-electron chi connectivity index (χ4n) is 1.92. The van der Waals surface area contributed by atoms with E-state index < -0.39 is 0 Å². The van der Waals surface area contributed by atoms with E-state index in [1.165, 1.54) is 12.1 Å². The molecule has 1 aromatic carbocycles. The first-order chi connectivity index (χ1) is 9.65. The number of nitrogens with zero attached hydrogens (tertiary/aromatic N) is 2. The van der Waals surface area contributed by atoms with Crippen LogP contribution in [0.15, 0.2) is 29.3 Å². The molecule has 118 valence electrons. The lowest BCUT2D eigenvalue weighted by Gasteiger charge is -2.27. The molecule has 1 fully saturated rings. The number of thioether (sulfide) groups is 1. The summed E-state index contributed by atoms with van der Waals surface area (Å²) < 4.78 is 18.6. The second kappa shape index (κ2) is 9.34. The summed E-state index contributed by atoms with van der Waals surface area (Å²) >= 11 is 1.93. The lowest BCUT2D eigenvalue weighted by Crippen LogP contribution is -2.43. The van der Waals surface area contributed by atoms with Gasteiger partial charge >= 0.3 is 0 Å². The highest BCUT2D eigenvalue weighted by atomic mass is 127. The molecule has 7 heteroatoms. The van der Waals surface area contributed by atoms with E-state index in [4.69, 9.17) is 10.5 Å². The van der Waals surface area contributed by atoms with Gasteiger partial charge in [-0.05, 0) is 19.1 Å². The number of aliphatic imine (C=N–C) groups is 1. The average Bonchev–Trinajstić information content (AvgIpc) is 2.46. The highest BCUT2D eigenvalue weighted by molar-refractivity contribution is 14.0. The minimum atomic E-state index is -0.302. The molecule has 1 atom stereocenters. The van der Waals surface area contributed by atoms with E-state index in [1.54, 1.807) is 12.1 Å². The van der Waals surface area contributed by atoms with Gasteiger partial charge in [-0.1, -0.05) is 6.07 Å². The van der Waals surface area contributed by atoms with Crippen molar-refractivity contribution in [2.75, 3.05) is 31.1 Å². The molecule has 21 heavy (non-hydrogen) atoms. The Balaban J connectivity index is 0.00000220. The van der Waals surface area contributed by atoms with E-state index in [2.05, 4.69) is 9.89 Å². The molecule has 0 radical (unpaired) electrons. The molecule has 0 aliphatic carbocycles. The number of nitrogens with two attached hydrogens (primary N) is 1. The molecule has 2 N–H and O–H groups in total. The summed E-state index contributed by atoms with van der Waals surface area (Å²) in [4.78, 5) is 6.45. The van der Waals surface area contributed by atoms with Crippen LogP contribution in [0.2, 0.25) is 0 Å². The second-order valence-corrected chi connectivity index (χ2v) is 5.91. The van der Waals surface area contributed by atoms with Gasteiger partial charge in [0, 0.05) is 30.7 Å². The van der Waals surface area contributed by atoms with Gasteiger partial charge in [-0.3, -0.25) is 0 Å². The van der Waals surface area contributed by atoms with Crippen molar-refractivity contribution in [1.29, 1.82) is 0 Å². The van der Waals surface area contributed by atoms with Gasteiger partial charge in [-0.15, -0.1) is 24.0 Å². The number of guanidine groups is 1. The zero-order valence-electron chi connectivity index (χ0n) is 12.0. The predicted octanol–water partition coefficient (Wildman–Crippen LogP) is 2.57. The molecule has 1 saturated heterocycles. The van der Waals surface area contributed by atoms with Crippen molar-refractivity contribution < 1.29 is 9.13 Å². The fourth-order valence-corrected chi connectivity index (χ4v) is 2.83. The number of hydrogen-bond donors (Lipinski definition) is 1. The van der Waals surface area contributed by atoms with E-state index in [-0.39, 0.29) is 35.9 Å². The van der Waals surface area contributed by atoms with Crippen molar-refractivity contribution in [3.05, 3.63) is 30.1 Å². The Kier molecular flexibility index (Phi) is 8.16. The molecule has 1 aromatic rings. The molecule has 0 aromatic heterocycles. The van der Waals surface area contributed by atoms with E-state index in [1.807, 2.05) is 18.7 Å². The van der Waals surface area contributed by atoms with Crippen LogP contribution in [0, 0.1) is 5.82 Å². The van der Waals surface area contributed by atoms with E-state index in [0.717, 1.165) is 24.6 Å². The third kappa shape index (κ3) is 6.29. The smallest absolute Gasteiger partial charge is 0.191 e. The molecule has 1 unspecified atom stereocenters. The van der Waals surface area contributed by atoms with Crippen LogP contribution >= 0.6 is 35.7 Å².